The number of halogens is 2. The van der Waals surface area contributed by atoms with Crippen LogP contribution in [0.25, 0.3) is 0 Å². The number of benzene rings is 1. The number of hydrogen-bond donors (Lipinski definition) is 2. The van der Waals surface area contributed by atoms with Gasteiger partial charge in [-0.25, -0.2) is 4.39 Å². The van der Waals surface area contributed by atoms with E-state index in [1.807, 2.05) is 6.92 Å². The Labute approximate surface area is 83.5 Å². The Morgan fingerprint density at radius 3 is 2.54 bits per heavy atom. The molecule has 1 rings (SSSR count). The van der Waals surface area contributed by atoms with Gasteiger partial charge >= 0.3 is 0 Å². The van der Waals surface area contributed by atoms with Crippen molar-refractivity contribution in [2.24, 2.45) is 11.5 Å². The van der Waals surface area contributed by atoms with Crippen molar-refractivity contribution in [3.05, 3.63) is 35.1 Å². The van der Waals surface area contributed by atoms with Crippen LogP contribution >= 0.6 is 12.4 Å². The first-order valence-electron chi connectivity index (χ1n) is 3.87. The fraction of sp³-hybridized carbons (Fsp3) is 0.333. The number of nitrogens with two attached hydrogens (primary N) is 2. The van der Waals surface area contributed by atoms with Crippen molar-refractivity contribution in [1.29, 1.82) is 0 Å². The van der Waals surface area contributed by atoms with Crippen molar-refractivity contribution < 1.29 is 4.39 Å². The second kappa shape index (κ2) is 5.17. The molecular weight excluding hydrogens is 191 g/mol. The molecule has 0 amide bonds. The zero-order chi connectivity index (χ0) is 9.14. The molecule has 1 atom stereocenters. The molecule has 1 aromatic rings. The molecule has 0 saturated carbocycles. The van der Waals surface area contributed by atoms with E-state index >= 15 is 0 Å². The molecule has 74 valence electrons. The number of aryl methyl sites for hydroxylation is 1. The Morgan fingerprint density at radius 2 is 2.08 bits per heavy atom. The summed E-state index contributed by atoms with van der Waals surface area (Å²) in [5.41, 5.74) is 12.9. The summed E-state index contributed by atoms with van der Waals surface area (Å²) < 4.78 is 12.6. The Bertz CT molecular complexity index is 278. The molecule has 0 aliphatic carbocycles. The molecule has 0 aliphatic rings. The van der Waals surface area contributed by atoms with Gasteiger partial charge < -0.3 is 11.5 Å². The number of rotatable bonds is 2. The summed E-state index contributed by atoms with van der Waals surface area (Å²) in [5.74, 6) is -0.236. The van der Waals surface area contributed by atoms with E-state index in [2.05, 4.69) is 0 Å². The third-order valence-corrected chi connectivity index (χ3v) is 1.89. The Hall–Kier alpha value is -0.640. The van der Waals surface area contributed by atoms with Gasteiger partial charge in [-0.05, 0) is 30.2 Å². The SMILES string of the molecule is Cc1cc(F)ccc1[C@H](N)CN.Cl. The summed E-state index contributed by atoms with van der Waals surface area (Å²) in [6, 6.07) is 4.36. The third-order valence-electron chi connectivity index (χ3n) is 1.89. The molecule has 4 heteroatoms. The predicted molar refractivity (Wildman–Crippen MR) is 54.4 cm³/mol. The lowest BCUT2D eigenvalue weighted by atomic mass is 10.0. The first-order valence-corrected chi connectivity index (χ1v) is 3.87. The van der Waals surface area contributed by atoms with E-state index < -0.39 is 0 Å². The van der Waals surface area contributed by atoms with Gasteiger partial charge in [0.15, 0.2) is 0 Å². The Kier molecular flexibility index (Phi) is 4.91. The highest BCUT2D eigenvalue weighted by Crippen LogP contribution is 2.15. The van der Waals surface area contributed by atoms with Gasteiger partial charge in [-0.2, -0.15) is 0 Å². The van der Waals surface area contributed by atoms with Crippen LogP contribution in [0.5, 0.6) is 0 Å². The van der Waals surface area contributed by atoms with Gasteiger partial charge in [-0.15, -0.1) is 12.4 Å². The quantitative estimate of drug-likeness (QED) is 0.768. The van der Waals surface area contributed by atoms with Crippen LogP contribution in [0, 0.1) is 12.7 Å². The van der Waals surface area contributed by atoms with Crippen LogP contribution in [-0.2, 0) is 0 Å². The van der Waals surface area contributed by atoms with Crippen molar-refractivity contribution in [1.82, 2.24) is 0 Å². The first kappa shape index (κ1) is 12.4. The minimum Gasteiger partial charge on any atom is -0.329 e. The second-order valence-electron chi connectivity index (χ2n) is 2.84. The molecule has 0 unspecified atom stereocenters. The molecule has 0 bridgehead atoms. The summed E-state index contributed by atoms with van der Waals surface area (Å²) in [6.07, 6.45) is 0. The highest BCUT2D eigenvalue weighted by Gasteiger charge is 2.06. The lowest BCUT2D eigenvalue weighted by Gasteiger charge is -2.11. The van der Waals surface area contributed by atoms with Gasteiger partial charge in [-0.1, -0.05) is 6.07 Å². The maximum Gasteiger partial charge on any atom is 0.123 e. The minimum atomic E-state index is -0.236. The van der Waals surface area contributed by atoms with Gasteiger partial charge in [0.1, 0.15) is 5.82 Å². The zero-order valence-corrected chi connectivity index (χ0v) is 8.27. The lowest BCUT2D eigenvalue weighted by Crippen LogP contribution is -2.21. The second-order valence-corrected chi connectivity index (χ2v) is 2.84. The molecule has 13 heavy (non-hydrogen) atoms. The normalized spacial score (nSPS) is 12.0. The Morgan fingerprint density at radius 1 is 1.46 bits per heavy atom. The van der Waals surface area contributed by atoms with Crippen LogP contribution in [0.3, 0.4) is 0 Å². The average Bonchev–Trinajstić information content (AvgIpc) is 2.03. The summed E-state index contributed by atoms with van der Waals surface area (Å²) in [7, 11) is 0. The molecule has 0 aromatic heterocycles. The molecule has 4 N–H and O–H groups in total. The average molecular weight is 205 g/mol. The van der Waals surface area contributed by atoms with E-state index in [1.54, 1.807) is 6.07 Å². The number of hydrogen-bond acceptors (Lipinski definition) is 2. The summed E-state index contributed by atoms with van der Waals surface area (Å²) >= 11 is 0. The highest BCUT2D eigenvalue weighted by atomic mass is 35.5. The molecule has 0 radical (unpaired) electrons. The fourth-order valence-electron chi connectivity index (χ4n) is 1.18. The minimum absolute atomic E-state index is 0. The van der Waals surface area contributed by atoms with Gasteiger partial charge in [0.25, 0.3) is 0 Å². The van der Waals surface area contributed by atoms with Crippen LogP contribution in [0.2, 0.25) is 0 Å². The van der Waals surface area contributed by atoms with Crippen molar-refractivity contribution in [2.45, 2.75) is 13.0 Å². The monoisotopic (exact) mass is 204 g/mol. The molecular formula is C9H14ClFN2. The van der Waals surface area contributed by atoms with E-state index in [0.717, 1.165) is 11.1 Å². The van der Waals surface area contributed by atoms with Gasteiger partial charge in [0.05, 0.1) is 0 Å². The van der Waals surface area contributed by atoms with Crippen LogP contribution in [-0.4, -0.2) is 6.54 Å². The highest BCUT2D eigenvalue weighted by molar-refractivity contribution is 5.85. The van der Waals surface area contributed by atoms with E-state index in [4.69, 9.17) is 11.5 Å². The maximum absolute atomic E-state index is 12.6. The largest absolute Gasteiger partial charge is 0.329 e. The standard InChI is InChI=1S/C9H13FN2.ClH/c1-6-4-7(10)2-3-8(6)9(12)5-11;/h2-4,9H,5,11-12H2,1H3;1H/t9-;/m1./s1. The van der Waals surface area contributed by atoms with E-state index in [1.165, 1.54) is 12.1 Å². The summed E-state index contributed by atoms with van der Waals surface area (Å²) in [5, 5.41) is 0. The molecule has 0 heterocycles. The lowest BCUT2D eigenvalue weighted by molar-refractivity contribution is 0.623. The molecule has 0 spiro atoms. The summed E-state index contributed by atoms with van der Waals surface area (Å²) in [4.78, 5) is 0. The van der Waals surface area contributed by atoms with Crippen LogP contribution < -0.4 is 11.5 Å². The third kappa shape index (κ3) is 2.95. The van der Waals surface area contributed by atoms with Crippen molar-refractivity contribution in [3.8, 4) is 0 Å². The molecule has 0 saturated heterocycles. The predicted octanol–water partition coefficient (Wildman–Crippen LogP) is 1.51. The topological polar surface area (TPSA) is 52.0 Å². The van der Waals surface area contributed by atoms with Gasteiger partial charge in [0, 0.05) is 12.6 Å². The van der Waals surface area contributed by atoms with Crippen molar-refractivity contribution in [3.63, 3.8) is 0 Å². The van der Waals surface area contributed by atoms with Crippen molar-refractivity contribution in [2.75, 3.05) is 6.54 Å². The van der Waals surface area contributed by atoms with E-state index in [-0.39, 0.29) is 24.3 Å². The first-order chi connectivity index (χ1) is 5.65. The molecule has 1 aromatic carbocycles. The smallest absolute Gasteiger partial charge is 0.123 e. The van der Waals surface area contributed by atoms with Crippen LogP contribution in [0.1, 0.15) is 17.2 Å². The summed E-state index contributed by atoms with van der Waals surface area (Å²) in [6.45, 7) is 2.21. The van der Waals surface area contributed by atoms with Gasteiger partial charge in [0.2, 0.25) is 0 Å². The molecule has 0 fully saturated rings. The maximum atomic E-state index is 12.6. The fourth-order valence-corrected chi connectivity index (χ4v) is 1.18. The zero-order valence-electron chi connectivity index (χ0n) is 7.46. The van der Waals surface area contributed by atoms with Crippen LogP contribution in [0.15, 0.2) is 18.2 Å². The Balaban J connectivity index is 0.00000144. The van der Waals surface area contributed by atoms with Crippen molar-refractivity contribution >= 4 is 12.4 Å². The van der Waals surface area contributed by atoms with E-state index in [0.29, 0.717) is 6.54 Å². The van der Waals surface area contributed by atoms with Gasteiger partial charge in [-0.3, -0.25) is 0 Å². The molecule has 2 nitrogen and oxygen atoms in total. The molecule has 0 aliphatic heterocycles. The van der Waals surface area contributed by atoms with Crippen LogP contribution in [0.4, 0.5) is 4.39 Å². The van der Waals surface area contributed by atoms with E-state index in [9.17, 15) is 4.39 Å².